The Morgan fingerprint density at radius 1 is 1.16 bits per heavy atom. The summed E-state index contributed by atoms with van der Waals surface area (Å²) >= 11 is 5.92. The number of hydrogen-bond acceptors (Lipinski definition) is 3. The number of hydrogen-bond donors (Lipinski definition) is 1. The number of ether oxygens (including phenoxy) is 1. The van der Waals surface area contributed by atoms with Gasteiger partial charge >= 0.3 is 0 Å². The summed E-state index contributed by atoms with van der Waals surface area (Å²) in [6.45, 7) is 5.76. The van der Waals surface area contributed by atoms with Gasteiger partial charge in [-0.3, -0.25) is 4.79 Å². The minimum atomic E-state index is -0.481. The van der Waals surface area contributed by atoms with Gasteiger partial charge in [0.2, 0.25) is 0 Å². The number of carbonyl (C=O) groups excluding carboxylic acids is 1. The lowest BCUT2D eigenvalue weighted by Crippen LogP contribution is -2.70. The second-order valence-corrected chi connectivity index (χ2v) is 6.70. The van der Waals surface area contributed by atoms with E-state index in [1.54, 1.807) is 24.3 Å². The van der Waals surface area contributed by atoms with E-state index in [1.807, 2.05) is 36.1 Å². The maximum Gasteiger partial charge on any atom is 0.270 e. The molecule has 132 valence electrons. The van der Waals surface area contributed by atoms with Crippen LogP contribution in [0.1, 0.15) is 18.9 Å². The fourth-order valence-corrected chi connectivity index (χ4v) is 3.19. The molecule has 0 aromatic heterocycles. The topological polar surface area (TPSA) is 41.6 Å². The van der Waals surface area contributed by atoms with Gasteiger partial charge in [-0.05, 0) is 55.8 Å². The summed E-state index contributed by atoms with van der Waals surface area (Å²) in [6, 6.07) is 15.0. The van der Waals surface area contributed by atoms with Gasteiger partial charge in [0.15, 0.2) is 6.10 Å². The number of carbonyl (C=O) groups is 1. The van der Waals surface area contributed by atoms with Crippen LogP contribution in [-0.2, 0) is 4.79 Å². The van der Waals surface area contributed by atoms with Gasteiger partial charge in [-0.2, -0.15) is 0 Å². The van der Waals surface area contributed by atoms with Gasteiger partial charge in [0, 0.05) is 17.3 Å². The van der Waals surface area contributed by atoms with Crippen LogP contribution < -0.4 is 15.0 Å². The number of rotatable bonds is 7. The van der Waals surface area contributed by atoms with Crippen molar-refractivity contribution >= 4 is 23.2 Å². The molecule has 2 aromatic rings. The monoisotopic (exact) mass is 358 g/mol. The van der Waals surface area contributed by atoms with E-state index in [4.69, 9.17) is 16.3 Å². The summed E-state index contributed by atoms with van der Waals surface area (Å²) in [5.41, 5.74) is 2.04. The van der Waals surface area contributed by atoms with E-state index in [2.05, 4.69) is 12.2 Å². The SMILES string of the molecule is CCCNC[C@@H]1[C@H](Oc2ccc(Cl)cc2)C(=O)N1c1ccccc1C. The van der Waals surface area contributed by atoms with Crippen molar-refractivity contribution in [1.82, 2.24) is 5.32 Å². The van der Waals surface area contributed by atoms with Crippen molar-refractivity contribution < 1.29 is 9.53 Å². The number of anilines is 1. The fraction of sp³-hybridized carbons (Fsp3) is 0.350. The van der Waals surface area contributed by atoms with Crippen molar-refractivity contribution in [2.24, 2.45) is 0 Å². The minimum absolute atomic E-state index is 0.00690. The zero-order valence-electron chi connectivity index (χ0n) is 14.5. The van der Waals surface area contributed by atoms with Gasteiger partial charge < -0.3 is 15.0 Å². The number of β-lactam (4-membered cyclic amide) rings is 1. The molecule has 1 amide bonds. The van der Waals surface area contributed by atoms with Crippen molar-refractivity contribution in [3.63, 3.8) is 0 Å². The molecular formula is C20H23ClN2O2. The van der Waals surface area contributed by atoms with E-state index in [1.165, 1.54) is 0 Å². The van der Waals surface area contributed by atoms with Crippen molar-refractivity contribution in [2.75, 3.05) is 18.0 Å². The Hall–Kier alpha value is -2.04. The average molecular weight is 359 g/mol. The molecule has 0 saturated carbocycles. The van der Waals surface area contributed by atoms with Crippen LogP contribution in [0.3, 0.4) is 0 Å². The van der Waals surface area contributed by atoms with Crippen LogP contribution in [0.4, 0.5) is 5.69 Å². The Balaban J connectivity index is 1.79. The molecule has 3 rings (SSSR count). The minimum Gasteiger partial charge on any atom is -0.478 e. The maximum absolute atomic E-state index is 12.8. The predicted molar refractivity (Wildman–Crippen MR) is 101 cm³/mol. The van der Waals surface area contributed by atoms with Crippen LogP contribution in [0.2, 0.25) is 5.02 Å². The Morgan fingerprint density at radius 3 is 2.56 bits per heavy atom. The molecule has 2 atom stereocenters. The third-order valence-corrected chi connectivity index (χ3v) is 4.65. The van der Waals surface area contributed by atoms with Crippen molar-refractivity contribution in [3.05, 3.63) is 59.1 Å². The highest BCUT2D eigenvalue weighted by Gasteiger charge is 2.50. The molecule has 4 nitrogen and oxygen atoms in total. The normalized spacial score (nSPS) is 19.6. The highest BCUT2D eigenvalue weighted by molar-refractivity contribution is 6.30. The summed E-state index contributed by atoms with van der Waals surface area (Å²) in [7, 11) is 0. The highest BCUT2D eigenvalue weighted by atomic mass is 35.5. The number of aryl methyl sites for hydroxylation is 1. The number of benzene rings is 2. The van der Waals surface area contributed by atoms with E-state index in [9.17, 15) is 4.79 Å². The van der Waals surface area contributed by atoms with Crippen molar-refractivity contribution in [2.45, 2.75) is 32.4 Å². The largest absolute Gasteiger partial charge is 0.478 e. The van der Waals surface area contributed by atoms with E-state index >= 15 is 0 Å². The molecule has 1 saturated heterocycles. The molecule has 0 unspecified atom stereocenters. The van der Waals surface area contributed by atoms with Crippen LogP contribution in [0.25, 0.3) is 0 Å². The van der Waals surface area contributed by atoms with Crippen LogP contribution in [-0.4, -0.2) is 31.1 Å². The molecule has 1 aliphatic rings. The molecule has 0 aliphatic carbocycles. The Morgan fingerprint density at radius 2 is 1.88 bits per heavy atom. The Labute approximate surface area is 153 Å². The molecule has 0 bridgehead atoms. The fourth-order valence-electron chi connectivity index (χ4n) is 3.06. The second-order valence-electron chi connectivity index (χ2n) is 6.26. The molecule has 25 heavy (non-hydrogen) atoms. The van der Waals surface area contributed by atoms with Gasteiger partial charge in [-0.15, -0.1) is 0 Å². The first-order chi connectivity index (χ1) is 12.1. The van der Waals surface area contributed by atoms with Gasteiger partial charge in [0.1, 0.15) is 5.75 Å². The Bertz CT molecular complexity index is 733. The molecule has 0 spiro atoms. The van der Waals surface area contributed by atoms with Crippen molar-refractivity contribution in [1.29, 1.82) is 0 Å². The smallest absolute Gasteiger partial charge is 0.270 e. The van der Waals surface area contributed by atoms with Gasteiger partial charge in [0.25, 0.3) is 5.91 Å². The lowest BCUT2D eigenvalue weighted by molar-refractivity contribution is -0.134. The maximum atomic E-state index is 12.8. The van der Waals surface area contributed by atoms with E-state index in [0.717, 1.165) is 24.2 Å². The molecule has 2 aromatic carbocycles. The van der Waals surface area contributed by atoms with Gasteiger partial charge in [-0.1, -0.05) is 36.7 Å². The van der Waals surface area contributed by atoms with Crippen LogP contribution >= 0.6 is 11.6 Å². The zero-order chi connectivity index (χ0) is 17.8. The van der Waals surface area contributed by atoms with Crippen LogP contribution in [0, 0.1) is 6.92 Å². The third-order valence-electron chi connectivity index (χ3n) is 4.39. The predicted octanol–water partition coefficient (Wildman–Crippen LogP) is 3.81. The quantitative estimate of drug-likeness (QED) is 0.604. The molecule has 1 N–H and O–H groups in total. The van der Waals surface area contributed by atoms with Gasteiger partial charge in [0.05, 0.1) is 6.04 Å². The summed E-state index contributed by atoms with van der Waals surface area (Å²) in [6.07, 6.45) is 0.568. The van der Waals surface area contributed by atoms with E-state index in [0.29, 0.717) is 17.3 Å². The number of halogens is 1. The molecule has 5 heteroatoms. The molecule has 1 aliphatic heterocycles. The first kappa shape index (κ1) is 17.8. The van der Waals surface area contributed by atoms with Gasteiger partial charge in [-0.25, -0.2) is 0 Å². The molecule has 0 radical (unpaired) electrons. The zero-order valence-corrected chi connectivity index (χ0v) is 15.3. The number of nitrogens with zero attached hydrogens (tertiary/aromatic N) is 1. The molecule has 1 fully saturated rings. The first-order valence-corrected chi connectivity index (χ1v) is 9.01. The number of amides is 1. The second kappa shape index (κ2) is 7.89. The number of nitrogens with one attached hydrogen (secondary N) is 1. The third kappa shape index (κ3) is 3.80. The summed E-state index contributed by atoms with van der Waals surface area (Å²) in [5.74, 6) is 0.653. The molecule has 1 heterocycles. The van der Waals surface area contributed by atoms with E-state index < -0.39 is 6.10 Å². The van der Waals surface area contributed by atoms with E-state index in [-0.39, 0.29) is 11.9 Å². The molecular weight excluding hydrogens is 336 g/mol. The first-order valence-electron chi connectivity index (χ1n) is 8.63. The van der Waals surface area contributed by atoms with Crippen LogP contribution in [0.15, 0.2) is 48.5 Å². The van der Waals surface area contributed by atoms with Crippen molar-refractivity contribution in [3.8, 4) is 5.75 Å². The summed E-state index contributed by atoms with van der Waals surface area (Å²) in [5, 5.41) is 4.05. The standard InChI is InChI=1S/C20H23ClN2O2/c1-3-12-22-13-18-19(25-16-10-8-15(21)9-11-16)20(24)23(18)17-7-5-4-6-14(17)2/h4-11,18-19,22H,3,12-13H2,1-2H3/t18-,19+/m1/s1. The Kier molecular flexibility index (Phi) is 5.61. The number of para-hydroxylation sites is 1. The average Bonchev–Trinajstić information content (AvgIpc) is 2.62. The lowest BCUT2D eigenvalue weighted by atomic mass is 9.95. The van der Waals surface area contributed by atoms with Crippen LogP contribution in [0.5, 0.6) is 5.75 Å². The lowest BCUT2D eigenvalue weighted by Gasteiger charge is -2.47. The summed E-state index contributed by atoms with van der Waals surface area (Å²) in [4.78, 5) is 14.6. The summed E-state index contributed by atoms with van der Waals surface area (Å²) < 4.78 is 5.96. The highest BCUT2D eigenvalue weighted by Crippen LogP contribution is 2.33.